The van der Waals surface area contributed by atoms with Gasteiger partial charge in [-0.1, -0.05) is 13.8 Å². The van der Waals surface area contributed by atoms with E-state index in [2.05, 4.69) is 21.2 Å². The maximum absolute atomic E-state index is 13.0. The van der Waals surface area contributed by atoms with Crippen LogP contribution in [0.5, 0.6) is 0 Å². The number of carbonyl (C=O) groups excluding carboxylic acids is 3. The third-order valence-electron chi connectivity index (χ3n) is 3.52. The van der Waals surface area contributed by atoms with Crippen LogP contribution in [0.3, 0.4) is 0 Å². The summed E-state index contributed by atoms with van der Waals surface area (Å²) in [5.41, 5.74) is 10.2. The number of primary amides is 1. The molecular formula is C16H19FN6O3. The van der Waals surface area contributed by atoms with Crippen molar-refractivity contribution in [2.45, 2.75) is 19.9 Å². The van der Waals surface area contributed by atoms with E-state index in [1.165, 1.54) is 41.4 Å². The van der Waals surface area contributed by atoms with Crippen molar-refractivity contribution >= 4 is 17.8 Å². The Labute approximate surface area is 148 Å². The van der Waals surface area contributed by atoms with Crippen LogP contribution in [-0.2, 0) is 4.79 Å². The number of amides is 4. The molecule has 138 valence electrons. The van der Waals surface area contributed by atoms with Gasteiger partial charge < -0.3 is 11.1 Å². The number of aromatic nitrogens is 2. The van der Waals surface area contributed by atoms with Crippen molar-refractivity contribution in [1.29, 1.82) is 0 Å². The Hall–Kier alpha value is -3.43. The number of hydrogen-bond acceptors (Lipinski definition) is 4. The van der Waals surface area contributed by atoms with Crippen molar-refractivity contribution in [3.05, 3.63) is 48.3 Å². The standard InChI is InChI=1S/C16H19FN6O3/c1-9(2)13(20-16(18)26)15(25)22-21-14(24)12-7-19-8-23(12)11-5-3-10(17)4-6-11/h3-9,13H,1-2H3,(H,21,24)(H,22,25)(H3,18,20,26)/t13-/m0/s1. The second kappa shape index (κ2) is 8.10. The topological polar surface area (TPSA) is 131 Å². The number of nitrogens with two attached hydrogens (primary N) is 1. The second-order valence-electron chi connectivity index (χ2n) is 5.80. The summed E-state index contributed by atoms with van der Waals surface area (Å²) in [5.74, 6) is -1.92. The molecule has 1 aromatic heterocycles. The molecule has 0 bridgehead atoms. The van der Waals surface area contributed by atoms with Gasteiger partial charge in [0.2, 0.25) is 0 Å². The molecule has 9 nitrogen and oxygen atoms in total. The van der Waals surface area contributed by atoms with E-state index in [-0.39, 0.29) is 11.6 Å². The normalized spacial score (nSPS) is 11.7. The Bertz CT molecular complexity index is 803. The van der Waals surface area contributed by atoms with Crippen molar-refractivity contribution in [3.63, 3.8) is 0 Å². The first-order valence-corrected chi connectivity index (χ1v) is 7.74. The molecule has 10 heteroatoms. The highest BCUT2D eigenvalue weighted by Crippen LogP contribution is 2.12. The molecule has 4 amide bonds. The first-order valence-electron chi connectivity index (χ1n) is 7.74. The molecule has 0 spiro atoms. The van der Waals surface area contributed by atoms with Gasteiger partial charge in [-0.3, -0.25) is 25.0 Å². The Balaban J connectivity index is 2.07. The third kappa shape index (κ3) is 4.56. The highest BCUT2D eigenvalue weighted by Gasteiger charge is 2.24. The van der Waals surface area contributed by atoms with Gasteiger partial charge in [0.1, 0.15) is 17.6 Å². The molecule has 0 aliphatic rings. The lowest BCUT2D eigenvalue weighted by molar-refractivity contribution is -0.124. The maximum atomic E-state index is 13.0. The van der Waals surface area contributed by atoms with Gasteiger partial charge in [0.25, 0.3) is 11.8 Å². The van der Waals surface area contributed by atoms with E-state index in [1.807, 2.05) is 0 Å². The van der Waals surface area contributed by atoms with Gasteiger partial charge in [0.15, 0.2) is 0 Å². The van der Waals surface area contributed by atoms with Gasteiger partial charge in [-0.15, -0.1) is 0 Å². The molecule has 0 fully saturated rings. The molecular weight excluding hydrogens is 343 g/mol. The van der Waals surface area contributed by atoms with Gasteiger partial charge in [-0.25, -0.2) is 14.2 Å². The van der Waals surface area contributed by atoms with Crippen LogP contribution in [0.2, 0.25) is 0 Å². The number of imidazole rings is 1. The lowest BCUT2D eigenvalue weighted by Crippen LogP contribution is -2.55. The van der Waals surface area contributed by atoms with Crippen molar-refractivity contribution < 1.29 is 18.8 Å². The zero-order chi connectivity index (χ0) is 19.3. The number of carbonyl (C=O) groups is 3. The summed E-state index contributed by atoms with van der Waals surface area (Å²) in [6, 6.07) is 3.72. The summed E-state index contributed by atoms with van der Waals surface area (Å²) in [6.45, 7) is 3.43. The molecule has 26 heavy (non-hydrogen) atoms. The molecule has 0 radical (unpaired) electrons. The Morgan fingerprint density at radius 2 is 1.81 bits per heavy atom. The second-order valence-corrected chi connectivity index (χ2v) is 5.80. The van der Waals surface area contributed by atoms with Crippen molar-refractivity contribution in [2.24, 2.45) is 11.7 Å². The number of rotatable bonds is 5. The lowest BCUT2D eigenvalue weighted by Gasteiger charge is -2.20. The molecule has 2 rings (SSSR count). The van der Waals surface area contributed by atoms with E-state index < -0.39 is 29.7 Å². The summed E-state index contributed by atoms with van der Waals surface area (Å²) < 4.78 is 14.5. The molecule has 0 aliphatic heterocycles. The first kappa shape index (κ1) is 18.9. The number of benzene rings is 1. The fourth-order valence-corrected chi connectivity index (χ4v) is 2.22. The van der Waals surface area contributed by atoms with E-state index in [1.54, 1.807) is 13.8 Å². The zero-order valence-electron chi connectivity index (χ0n) is 14.2. The van der Waals surface area contributed by atoms with E-state index >= 15 is 0 Å². The minimum Gasteiger partial charge on any atom is -0.352 e. The van der Waals surface area contributed by atoms with Gasteiger partial charge in [-0.2, -0.15) is 0 Å². The number of nitrogens with one attached hydrogen (secondary N) is 3. The molecule has 0 saturated heterocycles. The molecule has 0 unspecified atom stereocenters. The Morgan fingerprint density at radius 3 is 2.38 bits per heavy atom. The highest BCUT2D eigenvalue weighted by atomic mass is 19.1. The van der Waals surface area contributed by atoms with Crippen LogP contribution in [0.4, 0.5) is 9.18 Å². The molecule has 0 saturated carbocycles. The van der Waals surface area contributed by atoms with E-state index in [9.17, 15) is 18.8 Å². The number of urea groups is 1. The monoisotopic (exact) mass is 362 g/mol. The van der Waals surface area contributed by atoms with Crippen LogP contribution in [0.25, 0.3) is 5.69 Å². The maximum Gasteiger partial charge on any atom is 0.312 e. The summed E-state index contributed by atoms with van der Waals surface area (Å²) in [7, 11) is 0. The molecule has 5 N–H and O–H groups in total. The fourth-order valence-electron chi connectivity index (χ4n) is 2.22. The Kier molecular flexibility index (Phi) is 5.89. The van der Waals surface area contributed by atoms with Crippen LogP contribution < -0.4 is 21.9 Å². The number of halogens is 1. The van der Waals surface area contributed by atoms with E-state index in [0.717, 1.165) is 0 Å². The highest BCUT2D eigenvalue weighted by molar-refractivity contribution is 5.95. The van der Waals surface area contributed by atoms with Crippen LogP contribution in [0.1, 0.15) is 24.3 Å². The minimum atomic E-state index is -0.908. The average Bonchev–Trinajstić information content (AvgIpc) is 3.07. The van der Waals surface area contributed by atoms with Gasteiger partial charge in [0.05, 0.1) is 12.5 Å². The van der Waals surface area contributed by atoms with Crippen molar-refractivity contribution in [1.82, 2.24) is 25.7 Å². The summed E-state index contributed by atoms with van der Waals surface area (Å²) in [5, 5.41) is 2.30. The third-order valence-corrected chi connectivity index (χ3v) is 3.52. The molecule has 2 aromatic rings. The number of hydrogen-bond donors (Lipinski definition) is 4. The number of hydrazine groups is 1. The van der Waals surface area contributed by atoms with Gasteiger partial charge in [0, 0.05) is 5.69 Å². The van der Waals surface area contributed by atoms with Crippen LogP contribution in [-0.4, -0.2) is 33.4 Å². The van der Waals surface area contributed by atoms with Crippen LogP contribution in [0, 0.1) is 11.7 Å². The predicted molar refractivity (Wildman–Crippen MR) is 90.5 cm³/mol. The molecule has 0 aliphatic carbocycles. The van der Waals surface area contributed by atoms with E-state index in [0.29, 0.717) is 5.69 Å². The lowest BCUT2D eigenvalue weighted by atomic mass is 10.0. The quantitative estimate of drug-likeness (QED) is 0.576. The largest absolute Gasteiger partial charge is 0.352 e. The smallest absolute Gasteiger partial charge is 0.312 e. The summed E-state index contributed by atoms with van der Waals surface area (Å²) in [6.07, 6.45) is 2.68. The average molecular weight is 362 g/mol. The van der Waals surface area contributed by atoms with Crippen molar-refractivity contribution in [2.75, 3.05) is 0 Å². The predicted octanol–water partition coefficient (Wildman–Crippen LogP) is 0.465. The summed E-state index contributed by atoms with van der Waals surface area (Å²) >= 11 is 0. The molecule has 1 heterocycles. The SMILES string of the molecule is CC(C)[C@H](NC(N)=O)C(=O)NNC(=O)c1cncn1-c1ccc(F)cc1. The van der Waals surface area contributed by atoms with Gasteiger partial charge in [-0.05, 0) is 30.2 Å². The fraction of sp³-hybridized carbons (Fsp3) is 0.250. The van der Waals surface area contributed by atoms with Crippen LogP contribution >= 0.6 is 0 Å². The molecule has 1 aromatic carbocycles. The number of nitrogens with zero attached hydrogens (tertiary/aromatic N) is 2. The summed E-state index contributed by atoms with van der Waals surface area (Å²) in [4.78, 5) is 39.3. The van der Waals surface area contributed by atoms with E-state index in [4.69, 9.17) is 5.73 Å². The van der Waals surface area contributed by atoms with Gasteiger partial charge >= 0.3 is 6.03 Å². The zero-order valence-corrected chi connectivity index (χ0v) is 14.2. The van der Waals surface area contributed by atoms with Crippen molar-refractivity contribution in [3.8, 4) is 5.69 Å². The Morgan fingerprint density at radius 1 is 1.15 bits per heavy atom. The molecule has 1 atom stereocenters. The minimum absolute atomic E-state index is 0.126. The first-order chi connectivity index (χ1) is 12.3. The van der Waals surface area contributed by atoms with Crippen LogP contribution in [0.15, 0.2) is 36.8 Å².